The predicted molar refractivity (Wildman–Crippen MR) is 80.5 cm³/mol. The summed E-state index contributed by atoms with van der Waals surface area (Å²) in [7, 11) is 3.48. The van der Waals surface area contributed by atoms with Crippen molar-refractivity contribution < 1.29 is 9.90 Å². The molecule has 0 heterocycles. The van der Waals surface area contributed by atoms with Crippen LogP contribution in [-0.4, -0.2) is 30.0 Å². The van der Waals surface area contributed by atoms with Crippen LogP contribution in [0.5, 0.6) is 0 Å². The van der Waals surface area contributed by atoms with Gasteiger partial charge in [0.2, 0.25) is 0 Å². The third-order valence-corrected chi connectivity index (χ3v) is 3.24. The summed E-state index contributed by atoms with van der Waals surface area (Å²) in [6, 6.07) is 15.3. The molecule has 1 unspecified atom stereocenters. The van der Waals surface area contributed by atoms with Crippen LogP contribution in [0.3, 0.4) is 0 Å². The fourth-order valence-electron chi connectivity index (χ4n) is 2.04. The summed E-state index contributed by atoms with van der Waals surface area (Å²) in [5.74, 6) is -0.00530. The number of rotatable bonds is 3. The Kier molecular flexibility index (Phi) is 4.20. The molecule has 0 aliphatic carbocycles. The number of nitrogens with zero attached hydrogens (tertiary/aromatic N) is 1. The van der Waals surface area contributed by atoms with Crippen LogP contribution >= 0.6 is 0 Å². The van der Waals surface area contributed by atoms with Crippen molar-refractivity contribution in [3.8, 4) is 11.1 Å². The van der Waals surface area contributed by atoms with Gasteiger partial charge in [-0.3, -0.25) is 4.79 Å². The van der Waals surface area contributed by atoms with Gasteiger partial charge in [0.05, 0.1) is 6.10 Å². The van der Waals surface area contributed by atoms with Crippen LogP contribution in [0.4, 0.5) is 0 Å². The van der Waals surface area contributed by atoms with Gasteiger partial charge in [-0.2, -0.15) is 0 Å². The van der Waals surface area contributed by atoms with Crippen LogP contribution in [0.15, 0.2) is 48.5 Å². The van der Waals surface area contributed by atoms with Crippen LogP contribution in [0.25, 0.3) is 11.1 Å². The molecule has 0 fully saturated rings. The number of carbonyl (C=O) groups excluding carboxylic acids is 1. The highest BCUT2D eigenvalue weighted by atomic mass is 16.3. The van der Waals surface area contributed by atoms with Crippen molar-refractivity contribution in [3.05, 3.63) is 59.7 Å². The molecule has 0 radical (unpaired) electrons. The molecule has 0 saturated carbocycles. The second-order valence-electron chi connectivity index (χ2n) is 5.08. The monoisotopic (exact) mass is 269 g/mol. The first-order chi connectivity index (χ1) is 9.49. The highest BCUT2D eigenvalue weighted by molar-refractivity contribution is 5.94. The molecule has 0 aliphatic rings. The molecule has 3 nitrogen and oxygen atoms in total. The Hall–Kier alpha value is -2.13. The van der Waals surface area contributed by atoms with E-state index in [1.807, 2.05) is 48.5 Å². The maximum atomic E-state index is 11.8. The Morgan fingerprint density at radius 2 is 1.70 bits per heavy atom. The van der Waals surface area contributed by atoms with Crippen molar-refractivity contribution in [2.24, 2.45) is 0 Å². The van der Waals surface area contributed by atoms with E-state index in [0.29, 0.717) is 5.56 Å². The number of benzene rings is 2. The first-order valence-electron chi connectivity index (χ1n) is 6.59. The summed E-state index contributed by atoms with van der Waals surface area (Å²) in [6.45, 7) is 1.75. The molecule has 0 spiro atoms. The minimum Gasteiger partial charge on any atom is -0.389 e. The van der Waals surface area contributed by atoms with E-state index in [-0.39, 0.29) is 5.91 Å². The number of hydrogen-bond acceptors (Lipinski definition) is 2. The normalized spacial score (nSPS) is 12.0. The molecule has 0 saturated heterocycles. The highest BCUT2D eigenvalue weighted by Gasteiger charge is 2.08. The van der Waals surface area contributed by atoms with Crippen LogP contribution < -0.4 is 0 Å². The molecule has 0 aromatic heterocycles. The third-order valence-electron chi connectivity index (χ3n) is 3.24. The zero-order valence-electron chi connectivity index (χ0n) is 12.0. The molecule has 1 N–H and O–H groups in total. The lowest BCUT2D eigenvalue weighted by Gasteiger charge is -2.11. The van der Waals surface area contributed by atoms with Crippen molar-refractivity contribution in [1.29, 1.82) is 0 Å². The standard InChI is InChI=1S/C17H19NO2/c1-12(19)15-5-4-6-16(11-15)13-7-9-14(10-8-13)17(20)18(2)3/h4-12,19H,1-3H3. The molecular formula is C17H19NO2. The van der Waals surface area contributed by atoms with E-state index in [2.05, 4.69) is 0 Å². The van der Waals surface area contributed by atoms with E-state index in [9.17, 15) is 9.90 Å². The fourth-order valence-corrected chi connectivity index (χ4v) is 2.04. The highest BCUT2D eigenvalue weighted by Crippen LogP contribution is 2.23. The Morgan fingerprint density at radius 1 is 1.05 bits per heavy atom. The summed E-state index contributed by atoms with van der Waals surface area (Å²) >= 11 is 0. The average Bonchev–Trinajstić information content (AvgIpc) is 2.46. The quantitative estimate of drug-likeness (QED) is 0.930. The molecule has 2 aromatic rings. The topological polar surface area (TPSA) is 40.5 Å². The first kappa shape index (κ1) is 14.3. The maximum Gasteiger partial charge on any atom is 0.253 e. The van der Waals surface area contributed by atoms with Gasteiger partial charge >= 0.3 is 0 Å². The Balaban J connectivity index is 2.30. The Labute approximate surface area is 119 Å². The van der Waals surface area contributed by atoms with Crippen LogP contribution in [0.2, 0.25) is 0 Å². The second-order valence-corrected chi connectivity index (χ2v) is 5.08. The molecule has 0 bridgehead atoms. The Morgan fingerprint density at radius 3 is 2.25 bits per heavy atom. The van der Waals surface area contributed by atoms with Crippen LogP contribution in [0.1, 0.15) is 28.9 Å². The van der Waals surface area contributed by atoms with E-state index in [1.54, 1.807) is 25.9 Å². The van der Waals surface area contributed by atoms with Gasteiger partial charge in [-0.25, -0.2) is 0 Å². The van der Waals surface area contributed by atoms with Crippen LogP contribution in [-0.2, 0) is 0 Å². The second kappa shape index (κ2) is 5.88. The van der Waals surface area contributed by atoms with Gasteiger partial charge < -0.3 is 10.0 Å². The minimum absolute atomic E-state index is 0.00530. The molecule has 104 valence electrons. The summed E-state index contributed by atoms with van der Waals surface area (Å²) < 4.78 is 0. The predicted octanol–water partition coefficient (Wildman–Crippen LogP) is 3.11. The molecule has 2 rings (SSSR count). The first-order valence-corrected chi connectivity index (χ1v) is 6.59. The van der Waals surface area contributed by atoms with Gasteiger partial charge in [-0.05, 0) is 41.8 Å². The van der Waals surface area contributed by atoms with Gasteiger partial charge in [-0.1, -0.05) is 30.3 Å². The molecule has 1 atom stereocenters. The van der Waals surface area contributed by atoms with Crippen molar-refractivity contribution in [2.75, 3.05) is 14.1 Å². The number of carbonyl (C=O) groups is 1. The van der Waals surface area contributed by atoms with Crippen molar-refractivity contribution in [1.82, 2.24) is 4.90 Å². The van der Waals surface area contributed by atoms with Crippen molar-refractivity contribution >= 4 is 5.91 Å². The fraction of sp³-hybridized carbons (Fsp3) is 0.235. The van der Waals surface area contributed by atoms with Gasteiger partial charge in [0.1, 0.15) is 0 Å². The largest absolute Gasteiger partial charge is 0.389 e. The molecule has 20 heavy (non-hydrogen) atoms. The summed E-state index contributed by atoms with van der Waals surface area (Å²) in [6.07, 6.45) is -0.482. The van der Waals surface area contributed by atoms with E-state index in [1.165, 1.54) is 0 Å². The minimum atomic E-state index is -0.482. The lowest BCUT2D eigenvalue weighted by atomic mass is 10.00. The van der Waals surface area contributed by atoms with Gasteiger partial charge in [0.15, 0.2) is 0 Å². The summed E-state index contributed by atoms with van der Waals surface area (Å²) in [5.41, 5.74) is 3.62. The molecule has 1 amide bonds. The molecule has 3 heteroatoms. The lowest BCUT2D eigenvalue weighted by molar-refractivity contribution is 0.0827. The molecule has 2 aromatic carbocycles. The summed E-state index contributed by atoms with van der Waals surface area (Å²) in [4.78, 5) is 13.4. The molecule has 0 aliphatic heterocycles. The Bertz CT molecular complexity index is 601. The van der Waals surface area contributed by atoms with Crippen molar-refractivity contribution in [2.45, 2.75) is 13.0 Å². The van der Waals surface area contributed by atoms with Gasteiger partial charge in [0.25, 0.3) is 5.91 Å². The summed E-state index contributed by atoms with van der Waals surface area (Å²) in [5, 5.41) is 9.62. The maximum absolute atomic E-state index is 11.8. The van der Waals surface area contributed by atoms with E-state index in [0.717, 1.165) is 16.7 Å². The van der Waals surface area contributed by atoms with Gasteiger partial charge in [0, 0.05) is 19.7 Å². The number of amides is 1. The number of hydrogen-bond donors (Lipinski definition) is 1. The third kappa shape index (κ3) is 3.06. The van der Waals surface area contributed by atoms with Gasteiger partial charge in [-0.15, -0.1) is 0 Å². The molecular weight excluding hydrogens is 250 g/mol. The van der Waals surface area contributed by atoms with Crippen molar-refractivity contribution in [3.63, 3.8) is 0 Å². The number of aliphatic hydroxyl groups excluding tert-OH is 1. The van der Waals surface area contributed by atoms with E-state index < -0.39 is 6.10 Å². The zero-order valence-corrected chi connectivity index (χ0v) is 12.0. The zero-order chi connectivity index (χ0) is 14.7. The average molecular weight is 269 g/mol. The van der Waals surface area contributed by atoms with Crippen LogP contribution in [0, 0.1) is 0 Å². The van der Waals surface area contributed by atoms with E-state index in [4.69, 9.17) is 0 Å². The lowest BCUT2D eigenvalue weighted by Crippen LogP contribution is -2.21. The SMILES string of the molecule is CC(O)c1cccc(-c2ccc(C(=O)N(C)C)cc2)c1. The van der Waals surface area contributed by atoms with E-state index >= 15 is 0 Å². The smallest absolute Gasteiger partial charge is 0.253 e. The number of aliphatic hydroxyl groups is 1.